The Bertz CT molecular complexity index is 1070. The zero-order valence-electron chi connectivity index (χ0n) is 19.0. The van der Waals surface area contributed by atoms with Crippen LogP contribution in [0, 0.1) is 17.8 Å². The molecule has 3 aromatic rings. The fraction of sp³-hybridized carbons (Fsp3) is 0.346. The molecule has 2 heterocycles. The number of rotatable bonds is 4. The standard InChI is InChI=1S/C11H13NOS2.C9H9NO3.C6H6/c13-11-12-10-8(14-11)4-7-5-1-2-6(3-5)9(7)15-10;1-13-9-5-3-2-4-8(9)10(6-11)7-12;1-2-4-6-5-3-1/h5-7,9H,1-4H2,(H,12,13);2-7H,1H3;1-6H/t5-,6+,7+,9-;;/m0../s1. The maximum Gasteiger partial charge on any atom is 0.305 e. The second-order valence-corrected chi connectivity index (χ2v) is 10.8. The lowest BCUT2D eigenvalue weighted by atomic mass is 9.85. The molecule has 0 unspecified atom stereocenters. The van der Waals surface area contributed by atoms with Crippen LogP contribution in [0.5, 0.6) is 5.75 Å². The first kappa shape index (κ1) is 24.3. The van der Waals surface area contributed by atoms with Gasteiger partial charge < -0.3 is 9.72 Å². The lowest BCUT2D eigenvalue weighted by Gasteiger charge is -2.33. The molecule has 2 saturated carbocycles. The number of benzene rings is 2. The number of aromatic amines is 1. The van der Waals surface area contributed by atoms with Crippen molar-refractivity contribution >= 4 is 41.6 Å². The largest absolute Gasteiger partial charge is 0.495 e. The Hall–Kier alpha value is -2.84. The van der Waals surface area contributed by atoms with Gasteiger partial charge in [-0.05, 0) is 55.6 Å². The lowest BCUT2D eigenvalue weighted by Crippen LogP contribution is -2.29. The van der Waals surface area contributed by atoms with Crippen molar-refractivity contribution in [2.75, 3.05) is 12.0 Å². The summed E-state index contributed by atoms with van der Waals surface area (Å²) in [4.78, 5) is 37.6. The first-order valence-electron chi connectivity index (χ1n) is 11.3. The fourth-order valence-corrected chi connectivity index (χ4v) is 7.82. The Morgan fingerprint density at radius 1 is 0.971 bits per heavy atom. The Balaban J connectivity index is 0.000000132. The number of thiazole rings is 1. The minimum atomic E-state index is 0.139. The Labute approximate surface area is 207 Å². The monoisotopic (exact) mass is 496 g/mol. The van der Waals surface area contributed by atoms with Crippen molar-refractivity contribution in [2.24, 2.45) is 17.8 Å². The molecule has 0 saturated heterocycles. The van der Waals surface area contributed by atoms with E-state index in [1.165, 1.54) is 54.0 Å². The first-order valence-corrected chi connectivity index (χ1v) is 13.0. The number of carbonyl (C=O) groups excluding carboxylic acids is 2. The quantitative estimate of drug-likeness (QED) is 0.514. The maximum atomic E-state index is 11.3. The van der Waals surface area contributed by atoms with Gasteiger partial charge in [0.25, 0.3) is 0 Å². The molecule has 0 radical (unpaired) electrons. The number of ether oxygens (including phenoxy) is 1. The lowest BCUT2D eigenvalue weighted by molar-refractivity contribution is -0.114. The van der Waals surface area contributed by atoms with Crippen LogP contribution in [0.4, 0.5) is 5.69 Å². The number of hydrogen-bond donors (Lipinski definition) is 1. The number of nitrogens with zero attached hydrogens (tertiary/aromatic N) is 1. The zero-order chi connectivity index (χ0) is 23.9. The van der Waals surface area contributed by atoms with Gasteiger partial charge in [0, 0.05) is 10.1 Å². The molecule has 0 spiro atoms. The van der Waals surface area contributed by atoms with Crippen molar-refractivity contribution in [2.45, 2.75) is 36.0 Å². The van der Waals surface area contributed by atoms with Gasteiger partial charge in [0.1, 0.15) is 5.75 Å². The molecule has 2 fully saturated rings. The highest BCUT2D eigenvalue weighted by atomic mass is 32.2. The number of thioether (sulfide) groups is 1. The van der Waals surface area contributed by atoms with Crippen molar-refractivity contribution in [3.63, 3.8) is 0 Å². The van der Waals surface area contributed by atoms with E-state index in [1.807, 2.05) is 48.2 Å². The zero-order valence-corrected chi connectivity index (χ0v) is 20.6. The highest BCUT2D eigenvalue weighted by Crippen LogP contribution is 2.58. The normalized spacial score (nSPS) is 23.2. The number of imide groups is 1. The van der Waals surface area contributed by atoms with E-state index in [0.717, 1.165) is 27.9 Å². The maximum absolute atomic E-state index is 11.3. The number of aromatic nitrogens is 1. The van der Waals surface area contributed by atoms with E-state index in [1.54, 1.807) is 24.3 Å². The van der Waals surface area contributed by atoms with Gasteiger partial charge in [-0.25, -0.2) is 0 Å². The highest BCUT2D eigenvalue weighted by molar-refractivity contribution is 8.00. The van der Waals surface area contributed by atoms with Crippen LogP contribution in [-0.2, 0) is 16.0 Å². The average molecular weight is 497 g/mol. The van der Waals surface area contributed by atoms with Crippen LogP contribution in [0.25, 0.3) is 0 Å². The molecule has 2 bridgehead atoms. The molecule has 34 heavy (non-hydrogen) atoms. The number of hydrogen-bond acceptors (Lipinski definition) is 6. The summed E-state index contributed by atoms with van der Waals surface area (Å²) in [5, 5.41) is 2.01. The molecule has 3 aliphatic rings. The summed E-state index contributed by atoms with van der Waals surface area (Å²) in [7, 11) is 1.48. The third kappa shape index (κ3) is 5.45. The van der Waals surface area contributed by atoms with Gasteiger partial charge in [-0.15, -0.1) is 11.8 Å². The van der Waals surface area contributed by atoms with Crippen molar-refractivity contribution in [3.8, 4) is 5.75 Å². The van der Waals surface area contributed by atoms with E-state index in [4.69, 9.17) is 4.74 Å². The fourth-order valence-electron chi connectivity index (χ4n) is 5.12. The smallest absolute Gasteiger partial charge is 0.305 e. The van der Waals surface area contributed by atoms with Crippen molar-refractivity contribution < 1.29 is 14.3 Å². The summed E-state index contributed by atoms with van der Waals surface area (Å²) in [6.07, 6.45) is 6.39. The van der Waals surface area contributed by atoms with Crippen molar-refractivity contribution in [3.05, 3.63) is 75.2 Å². The van der Waals surface area contributed by atoms with E-state index in [0.29, 0.717) is 24.3 Å². The van der Waals surface area contributed by atoms with Gasteiger partial charge in [-0.1, -0.05) is 59.9 Å². The van der Waals surface area contributed by atoms with Crippen LogP contribution in [0.15, 0.2) is 70.5 Å². The molecule has 8 heteroatoms. The van der Waals surface area contributed by atoms with Crippen LogP contribution in [0.1, 0.15) is 24.1 Å². The molecule has 4 atom stereocenters. The topological polar surface area (TPSA) is 79.5 Å². The number of amides is 2. The summed E-state index contributed by atoms with van der Waals surface area (Å²) in [5.74, 6) is 3.29. The Morgan fingerprint density at radius 3 is 2.26 bits per heavy atom. The molecule has 1 aliphatic heterocycles. The van der Waals surface area contributed by atoms with E-state index in [-0.39, 0.29) is 4.87 Å². The Morgan fingerprint density at radius 2 is 1.62 bits per heavy atom. The van der Waals surface area contributed by atoms with Gasteiger partial charge in [0.05, 0.1) is 17.8 Å². The summed E-state index contributed by atoms with van der Waals surface area (Å²) in [5.41, 5.74) is 0.440. The first-order chi connectivity index (χ1) is 16.6. The van der Waals surface area contributed by atoms with Crippen molar-refractivity contribution in [1.82, 2.24) is 4.98 Å². The molecule has 6 nitrogen and oxygen atoms in total. The van der Waals surface area contributed by atoms with E-state index in [2.05, 4.69) is 4.98 Å². The van der Waals surface area contributed by atoms with E-state index >= 15 is 0 Å². The Kier molecular flexibility index (Phi) is 8.24. The average Bonchev–Trinajstić information content (AvgIpc) is 3.60. The van der Waals surface area contributed by atoms with Gasteiger partial charge >= 0.3 is 4.87 Å². The highest BCUT2D eigenvalue weighted by Gasteiger charge is 2.50. The van der Waals surface area contributed by atoms with Crippen LogP contribution in [-0.4, -0.2) is 30.2 Å². The number of nitrogens with one attached hydrogen (secondary N) is 1. The minimum Gasteiger partial charge on any atom is -0.495 e. The van der Waals surface area contributed by atoms with E-state index in [9.17, 15) is 14.4 Å². The van der Waals surface area contributed by atoms with Gasteiger partial charge in [0.15, 0.2) is 0 Å². The molecule has 1 aromatic heterocycles. The van der Waals surface area contributed by atoms with Crippen LogP contribution in [0.2, 0.25) is 0 Å². The van der Waals surface area contributed by atoms with Crippen LogP contribution >= 0.6 is 23.1 Å². The number of H-pyrrole nitrogens is 1. The molecule has 2 amide bonds. The van der Waals surface area contributed by atoms with Gasteiger partial charge in [-0.3, -0.25) is 19.3 Å². The summed E-state index contributed by atoms with van der Waals surface area (Å²) in [6.45, 7) is 0. The van der Waals surface area contributed by atoms with E-state index < -0.39 is 0 Å². The summed E-state index contributed by atoms with van der Waals surface area (Å²) >= 11 is 3.40. The number of carbonyl (C=O) groups is 2. The molecule has 2 aliphatic carbocycles. The van der Waals surface area contributed by atoms with Crippen LogP contribution < -0.4 is 14.5 Å². The van der Waals surface area contributed by atoms with Crippen LogP contribution in [0.3, 0.4) is 0 Å². The third-order valence-electron chi connectivity index (χ3n) is 6.62. The SMILES string of the molecule is COc1ccccc1N(C=O)C=O.O=c1[nH]c2c(s1)C[C@@H]1[C@H]3CC[C@H](C3)[C@@H]1S2.c1ccccc1. The van der Waals surface area contributed by atoms with Gasteiger partial charge in [0.2, 0.25) is 12.8 Å². The number of methoxy groups -OCH3 is 1. The molecule has 1 N–H and O–H groups in total. The second kappa shape index (κ2) is 11.5. The molecular formula is C26H28N2O4S2. The number of fused-ring (bicyclic) bond motifs is 6. The predicted molar refractivity (Wildman–Crippen MR) is 137 cm³/mol. The molecule has 2 aromatic carbocycles. The third-order valence-corrected chi connectivity index (χ3v) is 9.25. The summed E-state index contributed by atoms with van der Waals surface area (Å²) in [6, 6.07) is 18.8. The molecular weight excluding hydrogens is 468 g/mol. The van der Waals surface area contributed by atoms with Crippen molar-refractivity contribution in [1.29, 1.82) is 0 Å². The number of anilines is 1. The summed E-state index contributed by atoms with van der Waals surface area (Å²) < 4.78 is 4.97. The predicted octanol–water partition coefficient (Wildman–Crippen LogP) is 5.00. The minimum absolute atomic E-state index is 0.139. The molecule has 6 rings (SSSR count). The molecule has 178 valence electrons. The number of para-hydroxylation sites is 2. The van der Waals surface area contributed by atoms with Gasteiger partial charge in [-0.2, -0.15) is 0 Å². The second-order valence-electron chi connectivity index (χ2n) is 8.50.